The third kappa shape index (κ3) is 2.53. The first-order valence-electron chi connectivity index (χ1n) is 6.89. The van der Waals surface area contributed by atoms with Gasteiger partial charge in [-0.15, -0.1) is 0 Å². The van der Waals surface area contributed by atoms with E-state index in [1.807, 2.05) is 6.33 Å². The Bertz CT molecular complexity index is 365. The highest BCUT2D eigenvalue weighted by molar-refractivity contribution is 5.14. The quantitative estimate of drug-likeness (QED) is 0.839. The van der Waals surface area contributed by atoms with E-state index in [2.05, 4.69) is 19.8 Å². The Kier molecular flexibility index (Phi) is 3.43. The molecule has 0 aliphatic carbocycles. The maximum atomic E-state index is 4.61. The number of fused-ring (bicyclic) bond motifs is 1. The zero-order valence-electron chi connectivity index (χ0n) is 10.5. The Morgan fingerprint density at radius 3 is 2.88 bits per heavy atom. The van der Waals surface area contributed by atoms with Crippen molar-refractivity contribution >= 4 is 0 Å². The van der Waals surface area contributed by atoms with Crippen LogP contribution >= 0.6 is 0 Å². The minimum absolute atomic E-state index is 0.989. The number of imidazole rings is 1. The molecule has 0 atom stereocenters. The molecule has 4 nitrogen and oxygen atoms in total. The summed E-state index contributed by atoms with van der Waals surface area (Å²) in [7, 11) is 0. The summed E-state index contributed by atoms with van der Waals surface area (Å²) in [6.45, 7) is 6.78. The first-order chi connectivity index (χ1) is 8.43. The molecule has 0 aromatic carbocycles. The second-order valence-corrected chi connectivity index (χ2v) is 5.20. The largest absolute Gasteiger partial charge is 0.333 e. The summed E-state index contributed by atoms with van der Waals surface area (Å²) in [5, 5.41) is 3.49. The predicted octanol–water partition coefficient (Wildman–Crippen LogP) is 1.36. The highest BCUT2D eigenvalue weighted by Gasteiger charge is 2.17. The lowest BCUT2D eigenvalue weighted by molar-refractivity contribution is 0.218. The molecule has 94 valence electrons. The van der Waals surface area contributed by atoms with Crippen LogP contribution in [0.5, 0.6) is 0 Å². The fourth-order valence-electron chi connectivity index (χ4n) is 2.89. The minimum atomic E-state index is 0.989. The van der Waals surface area contributed by atoms with Crippen LogP contribution in [0.4, 0.5) is 0 Å². The van der Waals surface area contributed by atoms with Gasteiger partial charge in [0.05, 0.1) is 17.7 Å². The molecule has 0 amide bonds. The average molecular weight is 234 g/mol. The molecule has 17 heavy (non-hydrogen) atoms. The highest BCUT2D eigenvalue weighted by Crippen LogP contribution is 2.16. The molecule has 1 N–H and O–H groups in total. The van der Waals surface area contributed by atoms with Crippen LogP contribution in [0.1, 0.15) is 37.1 Å². The van der Waals surface area contributed by atoms with Crippen molar-refractivity contribution in [2.75, 3.05) is 19.6 Å². The van der Waals surface area contributed by atoms with Crippen LogP contribution in [-0.2, 0) is 19.6 Å². The Morgan fingerprint density at radius 2 is 2.00 bits per heavy atom. The van der Waals surface area contributed by atoms with Crippen molar-refractivity contribution in [1.82, 2.24) is 19.8 Å². The van der Waals surface area contributed by atoms with Gasteiger partial charge in [0, 0.05) is 19.6 Å². The molecule has 2 aliphatic heterocycles. The van der Waals surface area contributed by atoms with Crippen molar-refractivity contribution in [3.63, 3.8) is 0 Å². The number of nitrogens with zero attached hydrogens (tertiary/aromatic N) is 3. The van der Waals surface area contributed by atoms with Gasteiger partial charge in [-0.2, -0.15) is 0 Å². The average Bonchev–Trinajstić information content (AvgIpc) is 2.61. The number of rotatable bonds is 2. The summed E-state index contributed by atoms with van der Waals surface area (Å²) in [6, 6.07) is 0. The van der Waals surface area contributed by atoms with Crippen molar-refractivity contribution in [2.24, 2.45) is 0 Å². The second-order valence-electron chi connectivity index (χ2n) is 5.20. The van der Waals surface area contributed by atoms with Gasteiger partial charge >= 0.3 is 0 Å². The van der Waals surface area contributed by atoms with Crippen LogP contribution < -0.4 is 5.32 Å². The molecule has 1 aromatic rings. The van der Waals surface area contributed by atoms with E-state index < -0.39 is 0 Å². The Hall–Kier alpha value is -0.870. The molecular formula is C13H22N4. The van der Waals surface area contributed by atoms with E-state index >= 15 is 0 Å². The summed E-state index contributed by atoms with van der Waals surface area (Å²) in [5.41, 5.74) is 2.70. The van der Waals surface area contributed by atoms with Crippen LogP contribution in [0, 0.1) is 0 Å². The molecular weight excluding hydrogens is 212 g/mol. The smallest absolute Gasteiger partial charge is 0.0952 e. The third-order valence-electron chi connectivity index (χ3n) is 3.90. The maximum absolute atomic E-state index is 4.61. The molecule has 2 aliphatic rings. The highest BCUT2D eigenvalue weighted by atomic mass is 15.2. The number of aromatic nitrogens is 2. The molecule has 3 rings (SSSR count). The molecule has 0 unspecified atom stereocenters. The number of hydrogen-bond acceptors (Lipinski definition) is 3. The molecule has 1 fully saturated rings. The standard InChI is InChI=1S/C13H22N4/c1-2-6-16(7-3-1)10-12-13-9-14-5-4-8-17(13)11-15-12/h11,14H,1-10H2. The van der Waals surface area contributed by atoms with Crippen molar-refractivity contribution in [3.05, 3.63) is 17.7 Å². The molecule has 0 saturated carbocycles. The summed E-state index contributed by atoms with van der Waals surface area (Å²) in [5.74, 6) is 0. The maximum Gasteiger partial charge on any atom is 0.0952 e. The van der Waals surface area contributed by atoms with Crippen LogP contribution in [0.15, 0.2) is 6.33 Å². The Labute approximate surface area is 103 Å². The van der Waals surface area contributed by atoms with Crippen LogP contribution in [0.25, 0.3) is 0 Å². The number of aryl methyl sites for hydroxylation is 1. The summed E-state index contributed by atoms with van der Waals surface area (Å²) in [6.07, 6.45) is 7.36. The van der Waals surface area contributed by atoms with Crippen molar-refractivity contribution in [3.8, 4) is 0 Å². The van der Waals surface area contributed by atoms with Crippen LogP contribution in [0.2, 0.25) is 0 Å². The van der Waals surface area contributed by atoms with E-state index in [-0.39, 0.29) is 0 Å². The zero-order valence-corrected chi connectivity index (χ0v) is 10.5. The van der Waals surface area contributed by atoms with Crippen LogP contribution in [0.3, 0.4) is 0 Å². The Balaban J connectivity index is 1.71. The molecule has 1 saturated heterocycles. The molecule has 0 bridgehead atoms. The van der Waals surface area contributed by atoms with Gasteiger partial charge < -0.3 is 9.88 Å². The number of nitrogens with one attached hydrogen (secondary N) is 1. The molecule has 0 radical (unpaired) electrons. The van der Waals surface area contributed by atoms with E-state index in [4.69, 9.17) is 0 Å². The molecule has 1 aromatic heterocycles. The van der Waals surface area contributed by atoms with E-state index in [0.717, 1.165) is 26.2 Å². The second kappa shape index (κ2) is 5.19. The Morgan fingerprint density at radius 1 is 1.12 bits per heavy atom. The van der Waals surface area contributed by atoms with E-state index in [1.165, 1.54) is 50.2 Å². The molecule has 3 heterocycles. The van der Waals surface area contributed by atoms with Gasteiger partial charge in [-0.1, -0.05) is 6.42 Å². The zero-order chi connectivity index (χ0) is 11.5. The fraction of sp³-hybridized carbons (Fsp3) is 0.769. The number of likely N-dealkylation sites (tertiary alicyclic amines) is 1. The fourth-order valence-corrected chi connectivity index (χ4v) is 2.89. The first kappa shape index (κ1) is 11.2. The SMILES string of the molecule is c1nc(CN2CCCCC2)c2n1CCCNC2. The molecule has 4 heteroatoms. The lowest BCUT2D eigenvalue weighted by Gasteiger charge is -2.26. The van der Waals surface area contributed by atoms with Gasteiger partial charge in [0.1, 0.15) is 0 Å². The van der Waals surface area contributed by atoms with Crippen LogP contribution in [-0.4, -0.2) is 34.1 Å². The van der Waals surface area contributed by atoms with E-state index in [9.17, 15) is 0 Å². The normalized spacial score (nSPS) is 22.1. The van der Waals surface area contributed by atoms with Gasteiger partial charge in [-0.25, -0.2) is 4.98 Å². The number of hydrogen-bond donors (Lipinski definition) is 1. The lowest BCUT2D eigenvalue weighted by Crippen LogP contribution is -2.30. The first-order valence-corrected chi connectivity index (χ1v) is 6.89. The molecule has 0 spiro atoms. The number of piperidine rings is 1. The van der Waals surface area contributed by atoms with E-state index in [1.54, 1.807) is 0 Å². The van der Waals surface area contributed by atoms with Crippen molar-refractivity contribution < 1.29 is 0 Å². The van der Waals surface area contributed by atoms with E-state index in [0.29, 0.717) is 0 Å². The third-order valence-corrected chi connectivity index (χ3v) is 3.90. The van der Waals surface area contributed by atoms with Crippen molar-refractivity contribution in [1.29, 1.82) is 0 Å². The topological polar surface area (TPSA) is 33.1 Å². The van der Waals surface area contributed by atoms with Gasteiger partial charge in [-0.3, -0.25) is 4.90 Å². The van der Waals surface area contributed by atoms with Gasteiger partial charge in [-0.05, 0) is 38.9 Å². The monoisotopic (exact) mass is 234 g/mol. The minimum Gasteiger partial charge on any atom is -0.333 e. The predicted molar refractivity (Wildman–Crippen MR) is 67.7 cm³/mol. The summed E-state index contributed by atoms with van der Waals surface area (Å²) < 4.78 is 2.33. The van der Waals surface area contributed by atoms with Gasteiger partial charge in [0.2, 0.25) is 0 Å². The summed E-state index contributed by atoms with van der Waals surface area (Å²) >= 11 is 0. The van der Waals surface area contributed by atoms with Gasteiger partial charge in [0.25, 0.3) is 0 Å². The van der Waals surface area contributed by atoms with Crippen molar-refractivity contribution in [2.45, 2.75) is 45.3 Å². The summed E-state index contributed by atoms with van der Waals surface area (Å²) in [4.78, 5) is 7.17. The lowest BCUT2D eigenvalue weighted by atomic mass is 10.1. The van der Waals surface area contributed by atoms with Gasteiger partial charge in [0.15, 0.2) is 0 Å².